The summed E-state index contributed by atoms with van der Waals surface area (Å²) in [6, 6.07) is 22.8. The van der Waals surface area contributed by atoms with E-state index in [1.807, 2.05) is 60.7 Å². The van der Waals surface area contributed by atoms with Crippen molar-refractivity contribution in [2.45, 2.75) is 0 Å². The van der Waals surface area contributed by atoms with Gasteiger partial charge in [-0.1, -0.05) is 48.5 Å². The van der Waals surface area contributed by atoms with Crippen molar-refractivity contribution in [3.63, 3.8) is 0 Å². The highest BCUT2D eigenvalue weighted by molar-refractivity contribution is 5.85. The highest BCUT2D eigenvalue weighted by Crippen LogP contribution is 2.47. The number of nitrogens with zero attached hydrogens (tertiary/aromatic N) is 2. The van der Waals surface area contributed by atoms with Crippen molar-refractivity contribution in [1.29, 1.82) is 0 Å². The Hall–Kier alpha value is -3.93. The molecule has 4 rings (SSSR count). The number of methoxy groups -OCH3 is 3. The number of hydrogen-bond acceptors (Lipinski definition) is 5. The zero-order chi connectivity index (χ0) is 21.1. The fourth-order valence-corrected chi connectivity index (χ4v) is 3.43. The van der Waals surface area contributed by atoms with E-state index >= 15 is 0 Å². The summed E-state index contributed by atoms with van der Waals surface area (Å²) in [4.78, 5) is 0. The van der Waals surface area contributed by atoms with Gasteiger partial charge in [0.1, 0.15) is 28.6 Å². The SMILES string of the molecule is COc1cc(OC)c(-c2nn(-c3ccccc3)c(-c3ccccc3)c2O)c(OC)c1. The quantitative estimate of drug-likeness (QED) is 0.495. The Labute approximate surface area is 174 Å². The second kappa shape index (κ2) is 8.21. The number of aromatic hydroxyl groups is 1. The maximum absolute atomic E-state index is 11.3. The lowest BCUT2D eigenvalue weighted by molar-refractivity contribution is 0.377. The summed E-state index contributed by atoms with van der Waals surface area (Å²) >= 11 is 0. The van der Waals surface area contributed by atoms with E-state index in [0.717, 1.165) is 11.3 Å². The fraction of sp³-hybridized carbons (Fsp3) is 0.125. The largest absolute Gasteiger partial charge is 0.504 e. The molecule has 30 heavy (non-hydrogen) atoms. The van der Waals surface area contributed by atoms with Crippen LogP contribution >= 0.6 is 0 Å². The third-order valence-corrected chi connectivity index (χ3v) is 4.86. The average Bonchev–Trinajstić information content (AvgIpc) is 3.15. The normalized spacial score (nSPS) is 10.6. The van der Waals surface area contributed by atoms with E-state index in [4.69, 9.17) is 19.3 Å². The first-order valence-electron chi connectivity index (χ1n) is 9.41. The molecule has 3 aromatic carbocycles. The van der Waals surface area contributed by atoms with E-state index in [-0.39, 0.29) is 5.75 Å². The molecule has 152 valence electrons. The summed E-state index contributed by atoms with van der Waals surface area (Å²) in [6.45, 7) is 0. The molecule has 0 spiro atoms. The van der Waals surface area contributed by atoms with E-state index < -0.39 is 0 Å². The zero-order valence-electron chi connectivity index (χ0n) is 17.0. The minimum Gasteiger partial charge on any atom is -0.504 e. The second-order valence-electron chi connectivity index (χ2n) is 6.57. The van der Waals surface area contributed by atoms with Gasteiger partial charge in [0.05, 0.1) is 32.6 Å². The number of hydrogen-bond donors (Lipinski definition) is 1. The van der Waals surface area contributed by atoms with Crippen molar-refractivity contribution in [2.24, 2.45) is 0 Å². The van der Waals surface area contributed by atoms with Crippen LogP contribution in [0.25, 0.3) is 28.2 Å². The molecule has 4 aromatic rings. The summed E-state index contributed by atoms with van der Waals surface area (Å²) in [7, 11) is 4.69. The van der Waals surface area contributed by atoms with Crippen LogP contribution in [0.3, 0.4) is 0 Å². The van der Waals surface area contributed by atoms with Gasteiger partial charge >= 0.3 is 0 Å². The molecular formula is C24H22N2O4. The van der Waals surface area contributed by atoms with Crippen molar-refractivity contribution in [1.82, 2.24) is 9.78 Å². The first-order chi connectivity index (χ1) is 14.7. The van der Waals surface area contributed by atoms with Crippen LogP contribution in [0.15, 0.2) is 72.8 Å². The number of para-hydroxylation sites is 1. The molecule has 0 radical (unpaired) electrons. The fourth-order valence-electron chi connectivity index (χ4n) is 3.43. The lowest BCUT2D eigenvalue weighted by Crippen LogP contribution is -2.00. The van der Waals surface area contributed by atoms with Crippen molar-refractivity contribution in [2.75, 3.05) is 21.3 Å². The predicted molar refractivity (Wildman–Crippen MR) is 116 cm³/mol. The minimum absolute atomic E-state index is 0.0341. The van der Waals surface area contributed by atoms with Crippen LogP contribution in [-0.2, 0) is 0 Å². The first-order valence-corrected chi connectivity index (χ1v) is 9.41. The van der Waals surface area contributed by atoms with Gasteiger partial charge in [-0.05, 0) is 12.1 Å². The van der Waals surface area contributed by atoms with Gasteiger partial charge < -0.3 is 19.3 Å². The van der Waals surface area contributed by atoms with Crippen molar-refractivity contribution in [3.8, 4) is 51.2 Å². The predicted octanol–water partition coefficient (Wildman–Crippen LogP) is 4.94. The standard InChI is InChI=1S/C24H22N2O4/c1-28-18-14-19(29-2)21(20(15-18)30-3)22-24(27)23(16-10-6-4-7-11-16)26(25-22)17-12-8-5-9-13-17/h4-15,27H,1-3H3. The lowest BCUT2D eigenvalue weighted by atomic mass is 10.1. The van der Waals surface area contributed by atoms with E-state index in [1.165, 1.54) is 0 Å². The van der Waals surface area contributed by atoms with Crippen LogP contribution in [0.2, 0.25) is 0 Å². The van der Waals surface area contributed by atoms with Crippen LogP contribution in [0, 0.1) is 0 Å². The number of ether oxygens (including phenoxy) is 3. The summed E-state index contributed by atoms with van der Waals surface area (Å²) < 4.78 is 18.2. The van der Waals surface area contributed by atoms with Gasteiger partial charge in [0.15, 0.2) is 5.75 Å². The maximum Gasteiger partial charge on any atom is 0.170 e. The van der Waals surface area contributed by atoms with Gasteiger partial charge in [-0.2, -0.15) is 5.10 Å². The highest BCUT2D eigenvalue weighted by atomic mass is 16.5. The molecule has 0 amide bonds. The smallest absolute Gasteiger partial charge is 0.170 e. The van der Waals surface area contributed by atoms with Gasteiger partial charge in [0.2, 0.25) is 0 Å². The van der Waals surface area contributed by atoms with Gasteiger partial charge in [-0.25, -0.2) is 4.68 Å². The molecule has 0 aliphatic heterocycles. The third-order valence-electron chi connectivity index (χ3n) is 4.86. The van der Waals surface area contributed by atoms with Crippen LogP contribution in [0.4, 0.5) is 0 Å². The van der Waals surface area contributed by atoms with Crippen LogP contribution < -0.4 is 14.2 Å². The molecule has 6 nitrogen and oxygen atoms in total. The summed E-state index contributed by atoms with van der Waals surface area (Å²) in [5.74, 6) is 1.59. The Balaban J connectivity index is 2.03. The Bertz CT molecular complexity index is 1130. The lowest BCUT2D eigenvalue weighted by Gasteiger charge is -2.13. The molecular weight excluding hydrogens is 380 g/mol. The Morgan fingerprint density at radius 3 is 1.87 bits per heavy atom. The maximum atomic E-state index is 11.3. The molecule has 0 fully saturated rings. The van der Waals surface area contributed by atoms with Crippen molar-refractivity contribution < 1.29 is 19.3 Å². The third kappa shape index (κ3) is 3.33. The molecule has 1 heterocycles. The van der Waals surface area contributed by atoms with Crippen LogP contribution in [0.1, 0.15) is 0 Å². The van der Waals surface area contributed by atoms with Gasteiger partial charge in [0.25, 0.3) is 0 Å². The van der Waals surface area contributed by atoms with E-state index in [2.05, 4.69) is 0 Å². The monoisotopic (exact) mass is 402 g/mol. The van der Waals surface area contributed by atoms with Crippen molar-refractivity contribution >= 4 is 0 Å². The minimum atomic E-state index is 0.0341. The Morgan fingerprint density at radius 1 is 0.767 bits per heavy atom. The summed E-state index contributed by atoms with van der Waals surface area (Å²) in [6.07, 6.45) is 0. The molecule has 0 unspecified atom stereocenters. The van der Waals surface area contributed by atoms with Gasteiger partial charge in [-0.15, -0.1) is 0 Å². The summed E-state index contributed by atoms with van der Waals surface area (Å²) in [5.41, 5.74) is 3.14. The van der Waals surface area contributed by atoms with Gasteiger partial charge in [0, 0.05) is 17.7 Å². The van der Waals surface area contributed by atoms with E-state index in [9.17, 15) is 5.11 Å². The average molecular weight is 402 g/mol. The molecule has 0 saturated heterocycles. The second-order valence-corrected chi connectivity index (χ2v) is 6.57. The van der Waals surface area contributed by atoms with Crippen LogP contribution in [0.5, 0.6) is 23.0 Å². The number of rotatable bonds is 6. The van der Waals surface area contributed by atoms with E-state index in [0.29, 0.717) is 34.2 Å². The summed E-state index contributed by atoms with van der Waals surface area (Å²) in [5, 5.41) is 16.1. The van der Waals surface area contributed by atoms with E-state index in [1.54, 1.807) is 38.1 Å². The number of benzene rings is 3. The number of aromatic nitrogens is 2. The van der Waals surface area contributed by atoms with Crippen molar-refractivity contribution in [3.05, 3.63) is 72.8 Å². The Morgan fingerprint density at radius 2 is 1.33 bits per heavy atom. The molecule has 0 bridgehead atoms. The molecule has 6 heteroatoms. The van der Waals surface area contributed by atoms with Gasteiger partial charge in [-0.3, -0.25) is 0 Å². The Kier molecular flexibility index (Phi) is 5.30. The molecule has 0 saturated carbocycles. The molecule has 0 aliphatic rings. The molecule has 0 atom stereocenters. The highest BCUT2D eigenvalue weighted by Gasteiger charge is 2.26. The molecule has 1 aromatic heterocycles. The molecule has 1 N–H and O–H groups in total. The first kappa shape index (κ1) is 19.4. The zero-order valence-corrected chi connectivity index (χ0v) is 17.0. The van der Waals surface area contributed by atoms with Crippen LogP contribution in [-0.4, -0.2) is 36.2 Å². The topological polar surface area (TPSA) is 65.7 Å². The molecule has 0 aliphatic carbocycles.